The predicted molar refractivity (Wildman–Crippen MR) is 106 cm³/mol. The Hall–Kier alpha value is -1.62. The van der Waals surface area contributed by atoms with Gasteiger partial charge in [0.05, 0.1) is 23.1 Å². The number of hydrogen-bond acceptors (Lipinski definition) is 5. The molecule has 0 aromatic heterocycles. The Labute approximate surface area is 170 Å². The maximum Gasteiger partial charge on any atom is 0.251 e. The monoisotopic (exact) mass is 433 g/mol. The Morgan fingerprint density at radius 1 is 1.28 bits per heavy atom. The number of hydrogen-bond donors (Lipinski definition) is 4. The maximum atomic E-state index is 12.5. The molecule has 1 aliphatic rings. The molecule has 1 saturated carbocycles. The molecule has 0 radical (unpaired) electrons. The van der Waals surface area contributed by atoms with Crippen LogP contribution in [0.3, 0.4) is 0 Å². The zero-order valence-electron chi connectivity index (χ0n) is 16.6. The van der Waals surface area contributed by atoms with Crippen molar-refractivity contribution in [3.8, 4) is 0 Å². The molecule has 5 N–H and O–H groups in total. The molecule has 1 amide bonds. The first kappa shape index (κ1) is 23.7. The van der Waals surface area contributed by atoms with Crippen LogP contribution in [0.1, 0.15) is 51.5 Å². The Kier molecular flexibility index (Phi) is 7.72. The highest BCUT2D eigenvalue weighted by molar-refractivity contribution is 7.89. The van der Waals surface area contributed by atoms with Crippen molar-refractivity contribution in [2.75, 3.05) is 11.9 Å². The molecule has 1 atom stereocenters. The third-order valence-electron chi connectivity index (χ3n) is 5.08. The largest absolute Gasteiger partial charge is 0.386 e. The van der Waals surface area contributed by atoms with Gasteiger partial charge in [-0.2, -0.15) is 0 Å². The molecule has 0 unspecified atom stereocenters. The van der Waals surface area contributed by atoms with E-state index in [1.54, 1.807) is 0 Å². The molecule has 29 heavy (non-hydrogen) atoms. The Balaban J connectivity index is 2.25. The summed E-state index contributed by atoms with van der Waals surface area (Å²) in [6, 6.07) is 3.15. The van der Waals surface area contributed by atoms with E-state index in [-0.39, 0.29) is 28.0 Å². The topological polar surface area (TPSA) is 122 Å². The van der Waals surface area contributed by atoms with Crippen molar-refractivity contribution in [2.45, 2.75) is 68.9 Å². The zero-order chi connectivity index (χ0) is 21.8. The zero-order valence-corrected chi connectivity index (χ0v) is 17.4. The fourth-order valence-electron chi connectivity index (χ4n) is 3.50. The number of nitrogens with two attached hydrogens (primary N) is 1. The minimum Gasteiger partial charge on any atom is -0.386 e. The van der Waals surface area contributed by atoms with Crippen molar-refractivity contribution < 1.29 is 27.1 Å². The highest BCUT2D eigenvalue weighted by Gasteiger charge is 2.30. The van der Waals surface area contributed by atoms with E-state index in [0.717, 1.165) is 32.1 Å². The molecule has 0 aliphatic heterocycles. The minimum atomic E-state index is -4.28. The number of halogens is 2. The Bertz CT molecular complexity index is 819. The van der Waals surface area contributed by atoms with E-state index >= 15 is 0 Å². The second kappa shape index (κ2) is 9.46. The standard InChI is InChI=1S/C19H29F2N3O4S/c1-19(2,26)14-10-13(8-9-15(14)29(27,28)23-11-16(20)21)24-18(25)17(22)12-6-4-3-5-7-12/h8-10,12,16-17,23,26H,3-7,11,22H2,1-2H3,(H,24,25)/t17-/m0/s1. The van der Waals surface area contributed by atoms with Crippen LogP contribution < -0.4 is 15.8 Å². The lowest BCUT2D eigenvalue weighted by Crippen LogP contribution is -2.42. The second-order valence-corrected chi connectivity index (χ2v) is 9.66. The SMILES string of the molecule is CC(C)(O)c1cc(NC(=O)[C@@H](N)C2CCCCC2)ccc1S(=O)(=O)NCC(F)F. The van der Waals surface area contributed by atoms with Gasteiger partial charge in [-0.15, -0.1) is 0 Å². The first-order valence-electron chi connectivity index (χ1n) is 9.63. The molecule has 1 aliphatic carbocycles. The molecule has 2 rings (SSSR count). The molecular formula is C19H29F2N3O4S. The first-order valence-corrected chi connectivity index (χ1v) is 11.1. The molecule has 0 spiro atoms. The first-order chi connectivity index (χ1) is 13.4. The minimum absolute atomic E-state index is 0.0247. The van der Waals surface area contributed by atoms with Gasteiger partial charge in [-0.1, -0.05) is 19.3 Å². The highest BCUT2D eigenvalue weighted by atomic mass is 32.2. The summed E-state index contributed by atoms with van der Waals surface area (Å²) < 4.78 is 51.4. The van der Waals surface area contributed by atoms with Crippen LogP contribution in [0.5, 0.6) is 0 Å². The van der Waals surface area contributed by atoms with Crippen LogP contribution in [-0.4, -0.2) is 38.4 Å². The molecule has 164 valence electrons. The summed E-state index contributed by atoms with van der Waals surface area (Å²) in [4.78, 5) is 12.2. The number of carbonyl (C=O) groups excluding carboxylic acids is 1. The van der Waals surface area contributed by atoms with Crippen molar-refractivity contribution in [3.05, 3.63) is 23.8 Å². The quantitative estimate of drug-likeness (QED) is 0.501. The van der Waals surface area contributed by atoms with Gasteiger partial charge in [0, 0.05) is 11.3 Å². The van der Waals surface area contributed by atoms with Crippen LogP contribution in [0.2, 0.25) is 0 Å². The number of nitrogens with one attached hydrogen (secondary N) is 2. The molecule has 0 saturated heterocycles. The average Bonchev–Trinajstić information content (AvgIpc) is 2.65. The fourth-order valence-corrected chi connectivity index (χ4v) is 4.85. The molecule has 0 bridgehead atoms. The van der Waals surface area contributed by atoms with Crippen LogP contribution in [0.15, 0.2) is 23.1 Å². The lowest BCUT2D eigenvalue weighted by molar-refractivity contribution is -0.118. The molecule has 7 nitrogen and oxygen atoms in total. The summed E-state index contributed by atoms with van der Waals surface area (Å²) in [5.41, 5.74) is 4.74. The van der Waals surface area contributed by atoms with Gasteiger partial charge in [-0.3, -0.25) is 4.79 Å². The van der Waals surface area contributed by atoms with E-state index in [1.807, 2.05) is 4.72 Å². The molecule has 1 aromatic carbocycles. The number of anilines is 1. The van der Waals surface area contributed by atoms with Crippen LogP contribution in [-0.2, 0) is 20.4 Å². The van der Waals surface area contributed by atoms with E-state index < -0.39 is 34.6 Å². The summed E-state index contributed by atoms with van der Waals surface area (Å²) in [6.45, 7) is 1.70. The van der Waals surface area contributed by atoms with Gasteiger partial charge < -0.3 is 16.2 Å². The van der Waals surface area contributed by atoms with E-state index in [9.17, 15) is 27.1 Å². The van der Waals surface area contributed by atoms with Crippen LogP contribution in [0.25, 0.3) is 0 Å². The molecule has 1 fully saturated rings. The smallest absolute Gasteiger partial charge is 0.251 e. The van der Waals surface area contributed by atoms with Gasteiger partial charge in [-0.05, 0) is 50.8 Å². The molecule has 1 aromatic rings. The third kappa shape index (κ3) is 6.43. The summed E-state index contributed by atoms with van der Waals surface area (Å²) in [5, 5.41) is 13.1. The normalized spacial score (nSPS) is 17.3. The average molecular weight is 434 g/mol. The summed E-state index contributed by atoms with van der Waals surface area (Å²) >= 11 is 0. The second-order valence-electron chi connectivity index (χ2n) is 7.93. The van der Waals surface area contributed by atoms with Crippen molar-refractivity contribution in [1.29, 1.82) is 0 Å². The number of carbonyl (C=O) groups is 1. The number of amides is 1. The highest BCUT2D eigenvalue weighted by Crippen LogP contribution is 2.31. The van der Waals surface area contributed by atoms with Gasteiger partial charge in [0.15, 0.2) is 0 Å². The van der Waals surface area contributed by atoms with Crippen molar-refractivity contribution in [3.63, 3.8) is 0 Å². The number of rotatable bonds is 8. The number of benzene rings is 1. The lowest BCUT2D eigenvalue weighted by atomic mass is 9.84. The van der Waals surface area contributed by atoms with Gasteiger partial charge in [-0.25, -0.2) is 21.9 Å². The summed E-state index contributed by atoms with van der Waals surface area (Å²) in [7, 11) is -4.28. The van der Waals surface area contributed by atoms with E-state index in [2.05, 4.69) is 5.32 Å². The molecule has 10 heteroatoms. The molecule has 0 heterocycles. The summed E-state index contributed by atoms with van der Waals surface area (Å²) in [5.74, 6) is -0.291. The van der Waals surface area contributed by atoms with E-state index in [1.165, 1.54) is 32.0 Å². The van der Waals surface area contributed by atoms with Crippen LogP contribution >= 0.6 is 0 Å². The number of alkyl halides is 2. The summed E-state index contributed by atoms with van der Waals surface area (Å²) in [6.07, 6.45) is 2.12. The van der Waals surface area contributed by atoms with E-state index in [0.29, 0.717) is 0 Å². The fraction of sp³-hybridized carbons (Fsp3) is 0.632. The lowest BCUT2D eigenvalue weighted by Gasteiger charge is -2.27. The number of aliphatic hydroxyl groups is 1. The maximum absolute atomic E-state index is 12.5. The van der Waals surface area contributed by atoms with Gasteiger partial charge in [0.2, 0.25) is 15.9 Å². The van der Waals surface area contributed by atoms with Crippen molar-refractivity contribution >= 4 is 21.6 Å². The van der Waals surface area contributed by atoms with Gasteiger partial charge in [0.1, 0.15) is 0 Å². The third-order valence-corrected chi connectivity index (χ3v) is 6.57. The number of sulfonamides is 1. The predicted octanol–water partition coefficient (Wildman–Crippen LogP) is 2.30. The van der Waals surface area contributed by atoms with Crippen molar-refractivity contribution in [1.82, 2.24) is 4.72 Å². The molecular weight excluding hydrogens is 404 g/mol. The van der Waals surface area contributed by atoms with Crippen LogP contribution in [0.4, 0.5) is 14.5 Å². The van der Waals surface area contributed by atoms with Gasteiger partial charge in [0.25, 0.3) is 6.43 Å². The van der Waals surface area contributed by atoms with Crippen molar-refractivity contribution in [2.24, 2.45) is 11.7 Å². The van der Waals surface area contributed by atoms with E-state index in [4.69, 9.17) is 5.73 Å². The Morgan fingerprint density at radius 3 is 2.45 bits per heavy atom. The van der Waals surface area contributed by atoms with Gasteiger partial charge >= 0.3 is 0 Å². The Morgan fingerprint density at radius 2 is 1.90 bits per heavy atom. The van der Waals surface area contributed by atoms with Crippen LogP contribution in [0, 0.1) is 5.92 Å².